The summed E-state index contributed by atoms with van der Waals surface area (Å²) in [6, 6.07) is 0. The molecule has 1 aliphatic rings. The highest BCUT2D eigenvalue weighted by atomic mass is 32.2. The number of alkyl halides is 2. The zero-order chi connectivity index (χ0) is 20.7. The van der Waals surface area contributed by atoms with E-state index in [0.29, 0.717) is 25.8 Å². The van der Waals surface area contributed by atoms with Crippen LogP contribution in [0.5, 0.6) is 0 Å². The average Bonchev–Trinajstić information content (AvgIpc) is 2.51. The highest BCUT2D eigenvalue weighted by Crippen LogP contribution is 2.39. The van der Waals surface area contributed by atoms with E-state index in [9.17, 15) is 22.0 Å². The first-order valence-electron chi connectivity index (χ1n) is 9.55. The van der Waals surface area contributed by atoms with Gasteiger partial charge in [0.05, 0.1) is 11.0 Å². The van der Waals surface area contributed by atoms with Crippen molar-refractivity contribution >= 4 is 15.9 Å². The fraction of sp³-hybridized carbons (Fsp3) is 0.842. The van der Waals surface area contributed by atoms with Gasteiger partial charge in [0.15, 0.2) is 9.84 Å². The minimum Gasteiger partial charge on any atom is -0.444 e. The SMILES string of the molecule is C=CC(C1CCC(F)(F)CC1)S(=O)(=O)CCCCCNC(=O)OC(C)(C)C. The predicted molar refractivity (Wildman–Crippen MR) is 103 cm³/mol. The first kappa shape index (κ1) is 23.9. The molecule has 1 saturated carbocycles. The number of hydrogen-bond donors (Lipinski definition) is 1. The number of carbonyl (C=O) groups excluding carboxylic acids is 1. The molecule has 0 aliphatic heterocycles. The van der Waals surface area contributed by atoms with Crippen LogP contribution < -0.4 is 5.32 Å². The number of sulfone groups is 1. The molecule has 0 aromatic carbocycles. The number of halogens is 2. The zero-order valence-corrected chi connectivity index (χ0v) is 17.4. The van der Waals surface area contributed by atoms with E-state index >= 15 is 0 Å². The summed E-state index contributed by atoms with van der Waals surface area (Å²) in [6.45, 7) is 9.37. The molecule has 0 aromatic heterocycles. The third-order valence-electron chi connectivity index (χ3n) is 4.65. The Morgan fingerprint density at radius 3 is 2.37 bits per heavy atom. The maximum Gasteiger partial charge on any atom is 0.407 e. The number of unbranched alkanes of at least 4 members (excludes halogenated alkanes) is 2. The third kappa shape index (κ3) is 9.04. The molecule has 1 aliphatic carbocycles. The van der Waals surface area contributed by atoms with Crippen LogP contribution in [-0.4, -0.2) is 43.6 Å². The fourth-order valence-electron chi connectivity index (χ4n) is 3.27. The number of hydrogen-bond acceptors (Lipinski definition) is 4. The quantitative estimate of drug-likeness (QED) is 0.450. The molecule has 8 heteroatoms. The van der Waals surface area contributed by atoms with Gasteiger partial charge in [0, 0.05) is 19.4 Å². The van der Waals surface area contributed by atoms with E-state index in [1.807, 2.05) is 0 Å². The number of carbonyl (C=O) groups is 1. The molecule has 1 N–H and O–H groups in total. The predicted octanol–water partition coefficient (Wildman–Crippen LogP) is 4.48. The van der Waals surface area contributed by atoms with Crippen molar-refractivity contribution in [3.8, 4) is 0 Å². The minimum absolute atomic E-state index is 0.00299. The molecule has 1 unspecified atom stereocenters. The maximum absolute atomic E-state index is 13.3. The molecule has 0 radical (unpaired) electrons. The van der Waals surface area contributed by atoms with Gasteiger partial charge in [-0.15, -0.1) is 6.58 Å². The second-order valence-corrected chi connectivity index (χ2v) is 10.5. The third-order valence-corrected chi connectivity index (χ3v) is 6.91. The molecule has 5 nitrogen and oxygen atoms in total. The molecule has 1 amide bonds. The normalized spacial score (nSPS) is 19.3. The topological polar surface area (TPSA) is 72.5 Å². The Morgan fingerprint density at radius 2 is 1.85 bits per heavy atom. The summed E-state index contributed by atoms with van der Waals surface area (Å²) in [7, 11) is -3.41. The molecular weight excluding hydrogens is 376 g/mol. The van der Waals surface area contributed by atoms with E-state index in [-0.39, 0.29) is 37.4 Å². The molecule has 0 bridgehead atoms. The summed E-state index contributed by atoms with van der Waals surface area (Å²) in [6.07, 6.45) is 2.56. The van der Waals surface area contributed by atoms with Crippen molar-refractivity contribution < 1.29 is 26.7 Å². The van der Waals surface area contributed by atoms with Crippen LogP contribution in [0.2, 0.25) is 0 Å². The molecule has 0 saturated heterocycles. The van der Waals surface area contributed by atoms with Gasteiger partial charge in [0.2, 0.25) is 5.92 Å². The molecule has 1 atom stereocenters. The van der Waals surface area contributed by atoms with Crippen LogP contribution in [0, 0.1) is 5.92 Å². The smallest absolute Gasteiger partial charge is 0.407 e. The van der Waals surface area contributed by atoms with Crippen molar-refractivity contribution in [1.82, 2.24) is 5.32 Å². The monoisotopic (exact) mass is 409 g/mol. The van der Waals surface area contributed by atoms with Crippen molar-refractivity contribution in [3.05, 3.63) is 12.7 Å². The van der Waals surface area contributed by atoms with E-state index in [1.165, 1.54) is 6.08 Å². The summed E-state index contributed by atoms with van der Waals surface area (Å²) in [5.74, 6) is -2.95. The van der Waals surface area contributed by atoms with Crippen LogP contribution >= 0.6 is 0 Å². The number of nitrogens with one attached hydrogen (secondary N) is 1. The van der Waals surface area contributed by atoms with E-state index in [1.54, 1.807) is 20.8 Å². The lowest BCUT2D eigenvalue weighted by Crippen LogP contribution is -2.35. The van der Waals surface area contributed by atoms with Crippen molar-refractivity contribution in [3.63, 3.8) is 0 Å². The summed E-state index contributed by atoms with van der Waals surface area (Å²) in [4.78, 5) is 11.5. The van der Waals surface area contributed by atoms with Gasteiger partial charge in [-0.3, -0.25) is 0 Å². The van der Waals surface area contributed by atoms with Gasteiger partial charge in [-0.05, 0) is 52.4 Å². The van der Waals surface area contributed by atoms with Crippen LogP contribution in [0.4, 0.5) is 13.6 Å². The molecule has 0 aromatic rings. The Labute approximate surface area is 161 Å². The maximum atomic E-state index is 13.3. The lowest BCUT2D eigenvalue weighted by molar-refractivity contribution is -0.0450. The zero-order valence-electron chi connectivity index (χ0n) is 16.6. The molecule has 1 rings (SSSR count). The lowest BCUT2D eigenvalue weighted by Gasteiger charge is -2.32. The Kier molecular flexibility index (Phi) is 8.70. The number of ether oxygens (including phenoxy) is 1. The Balaban J connectivity index is 2.33. The highest BCUT2D eigenvalue weighted by Gasteiger charge is 2.40. The van der Waals surface area contributed by atoms with Crippen molar-refractivity contribution in [2.45, 2.75) is 82.5 Å². The van der Waals surface area contributed by atoms with Gasteiger partial charge in [-0.1, -0.05) is 12.5 Å². The van der Waals surface area contributed by atoms with Gasteiger partial charge in [-0.2, -0.15) is 0 Å². The van der Waals surface area contributed by atoms with Crippen LogP contribution in [0.1, 0.15) is 65.7 Å². The first-order chi connectivity index (χ1) is 12.4. The summed E-state index contributed by atoms with van der Waals surface area (Å²) < 4.78 is 56.9. The lowest BCUT2D eigenvalue weighted by atomic mass is 9.84. The number of rotatable bonds is 9. The van der Waals surface area contributed by atoms with Crippen molar-refractivity contribution in [2.24, 2.45) is 5.92 Å². The van der Waals surface area contributed by atoms with Crippen LogP contribution in [0.25, 0.3) is 0 Å². The van der Waals surface area contributed by atoms with Crippen LogP contribution in [0.15, 0.2) is 12.7 Å². The highest BCUT2D eigenvalue weighted by molar-refractivity contribution is 7.92. The molecule has 158 valence electrons. The largest absolute Gasteiger partial charge is 0.444 e. The van der Waals surface area contributed by atoms with Crippen molar-refractivity contribution in [1.29, 1.82) is 0 Å². The van der Waals surface area contributed by atoms with Crippen molar-refractivity contribution in [2.75, 3.05) is 12.3 Å². The molecule has 0 heterocycles. The van der Waals surface area contributed by atoms with E-state index < -0.39 is 32.7 Å². The van der Waals surface area contributed by atoms with Crippen LogP contribution in [0.3, 0.4) is 0 Å². The fourth-order valence-corrected chi connectivity index (χ4v) is 5.30. The standard InChI is InChI=1S/C19H33F2NO4S/c1-5-16(15-9-11-19(20,21)12-10-15)27(24,25)14-8-6-7-13-22-17(23)26-18(2,3)4/h5,15-16H,1,6-14H2,2-4H3,(H,22,23). The Morgan fingerprint density at radius 1 is 1.26 bits per heavy atom. The number of amides is 1. The second-order valence-electron chi connectivity index (χ2n) is 8.25. The minimum atomic E-state index is -3.41. The average molecular weight is 410 g/mol. The van der Waals surface area contributed by atoms with Crippen LogP contribution in [-0.2, 0) is 14.6 Å². The van der Waals surface area contributed by atoms with E-state index in [4.69, 9.17) is 4.74 Å². The van der Waals surface area contributed by atoms with Gasteiger partial charge in [-0.25, -0.2) is 22.0 Å². The molecule has 27 heavy (non-hydrogen) atoms. The second kappa shape index (κ2) is 9.85. The molecule has 1 fully saturated rings. The summed E-state index contributed by atoms with van der Waals surface area (Å²) >= 11 is 0. The number of alkyl carbamates (subject to hydrolysis) is 1. The van der Waals surface area contributed by atoms with E-state index in [2.05, 4.69) is 11.9 Å². The van der Waals surface area contributed by atoms with Gasteiger partial charge >= 0.3 is 6.09 Å². The Bertz CT molecular complexity index is 589. The van der Waals surface area contributed by atoms with Gasteiger partial charge < -0.3 is 10.1 Å². The van der Waals surface area contributed by atoms with Gasteiger partial charge in [0.1, 0.15) is 5.60 Å². The summed E-state index contributed by atoms with van der Waals surface area (Å²) in [5.41, 5.74) is -0.555. The molecule has 0 spiro atoms. The van der Waals surface area contributed by atoms with E-state index in [0.717, 1.165) is 0 Å². The van der Waals surface area contributed by atoms with Gasteiger partial charge in [0.25, 0.3) is 0 Å². The first-order valence-corrected chi connectivity index (χ1v) is 11.3. The Hall–Kier alpha value is -1.18. The molecular formula is C19H33F2NO4S. The summed E-state index contributed by atoms with van der Waals surface area (Å²) in [5, 5.41) is 1.88.